The normalized spacial score (nSPS) is 21.8. The number of carbonyl (C=O) groups excluding carboxylic acids is 1. The van der Waals surface area contributed by atoms with Gasteiger partial charge >= 0.3 is 6.09 Å². The van der Waals surface area contributed by atoms with E-state index in [1.54, 1.807) is 20.8 Å². The van der Waals surface area contributed by atoms with Crippen LogP contribution in [0.3, 0.4) is 0 Å². The van der Waals surface area contributed by atoms with E-state index >= 15 is 0 Å². The van der Waals surface area contributed by atoms with E-state index in [0.29, 0.717) is 12.0 Å². The van der Waals surface area contributed by atoms with Crippen LogP contribution in [0.1, 0.15) is 57.9 Å². The van der Waals surface area contributed by atoms with Gasteiger partial charge in [-0.15, -0.1) is 0 Å². The molecule has 3 N–H and O–H groups in total. The van der Waals surface area contributed by atoms with E-state index in [1.165, 1.54) is 6.07 Å². The zero-order valence-electron chi connectivity index (χ0n) is 13.8. The van der Waals surface area contributed by atoms with Crippen LogP contribution in [-0.2, 0) is 4.74 Å². The molecule has 2 unspecified atom stereocenters. The topological polar surface area (TPSA) is 64.3 Å². The molecule has 1 amide bonds. The second-order valence-electron chi connectivity index (χ2n) is 7.10. The molecule has 0 aliphatic heterocycles. The molecule has 0 heterocycles. The number of benzene rings is 1. The van der Waals surface area contributed by atoms with E-state index in [9.17, 15) is 13.6 Å². The monoisotopic (exact) mass is 326 g/mol. The van der Waals surface area contributed by atoms with Crippen molar-refractivity contribution in [1.29, 1.82) is 0 Å². The summed E-state index contributed by atoms with van der Waals surface area (Å²) >= 11 is 0. The van der Waals surface area contributed by atoms with Gasteiger partial charge in [0.2, 0.25) is 0 Å². The number of nitrogen functional groups attached to an aromatic ring is 1. The molecule has 6 heteroatoms. The highest BCUT2D eigenvalue weighted by molar-refractivity contribution is 5.68. The molecular formula is C17H24F2N2O2. The number of amides is 1. The van der Waals surface area contributed by atoms with Crippen molar-refractivity contribution in [2.24, 2.45) is 0 Å². The van der Waals surface area contributed by atoms with Crippen LogP contribution in [0.15, 0.2) is 12.1 Å². The minimum Gasteiger partial charge on any atom is -0.444 e. The van der Waals surface area contributed by atoms with Gasteiger partial charge in [0, 0.05) is 12.1 Å². The Balaban J connectivity index is 2.05. The van der Waals surface area contributed by atoms with Crippen molar-refractivity contribution >= 4 is 11.8 Å². The fraction of sp³-hybridized carbons (Fsp3) is 0.588. The van der Waals surface area contributed by atoms with Crippen LogP contribution in [0.4, 0.5) is 19.3 Å². The summed E-state index contributed by atoms with van der Waals surface area (Å²) in [6.45, 7) is 5.39. The highest BCUT2D eigenvalue weighted by atomic mass is 19.1. The number of hydrogen-bond acceptors (Lipinski definition) is 3. The summed E-state index contributed by atoms with van der Waals surface area (Å²) in [7, 11) is 0. The summed E-state index contributed by atoms with van der Waals surface area (Å²) in [5, 5.41) is 2.83. The summed E-state index contributed by atoms with van der Waals surface area (Å²) in [4.78, 5) is 11.9. The number of nitrogens with one attached hydrogen (secondary N) is 1. The van der Waals surface area contributed by atoms with Crippen LogP contribution in [0.5, 0.6) is 0 Å². The maximum Gasteiger partial charge on any atom is 0.407 e. The summed E-state index contributed by atoms with van der Waals surface area (Å²) in [6.07, 6.45) is 2.57. The van der Waals surface area contributed by atoms with Crippen molar-refractivity contribution in [2.45, 2.75) is 64.0 Å². The molecule has 0 radical (unpaired) electrons. The lowest BCUT2D eigenvalue weighted by molar-refractivity contribution is 0.0490. The van der Waals surface area contributed by atoms with Crippen molar-refractivity contribution in [3.8, 4) is 0 Å². The molecule has 1 fully saturated rings. The van der Waals surface area contributed by atoms with E-state index in [4.69, 9.17) is 10.5 Å². The Hall–Kier alpha value is -1.85. The number of ether oxygens (including phenoxy) is 1. The highest BCUT2D eigenvalue weighted by Crippen LogP contribution is 2.37. The molecule has 1 saturated carbocycles. The molecule has 2 rings (SSSR count). The molecule has 128 valence electrons. The van der Waals surface area contributed by atoms with Crippen LogP contribution < -0.4 is 11.1 Å². The number of nitrogens with two attached hydrogens (primary N) is 1. The Bertz CT molecular complexity index is 585. The van der Waals surface area contributed by atoms with Gasteiger partial charge in [-0.2, -0.15) is 0 Å². The lowest BCUT2D eigenvalue weighted by Crippen LogP contribution is -2.41. The first-order chi connectivity index (χ1) is 10.7. The molecule has 0 aromatic heterocycles. The van der Waals surface area contributed by atoms with E-state index in [0.717, 1.165) is 25.3 Å². The first kappa shape index (κ1) is 17.5. The maximum absolute atomic E-state index is 13.6. The third-order valence-corrected chi connectivity index (χ3v) is 3.96. The fourth-order valence-electron chi connectivity index (χ4n) is 3.02. The lowest BCUT2D eigenvalue weighted by atomic mass is 9.80. The molecule has 1 aliphatic carbocycles. The van der Waals surface area contributed by atoms with Crippen LogP contribution in [0.25, 0.3) is 0 Å². The molecule has 0 bridgehead atoms. The van der Waals surface area contributed by atoms with Gasteiger partial charge in [0.05, 0.1) is 5.69 Å². The maximum atomic E-state index is 13.6. The SMILES string of the molecule is CC(C)(C)OC(=O)NC1CCCC(c2cc(F)cc(F)c2N)C1. The number of anilines is 1. The van der Waals surface area contributed by atoms with Gasteiger partial charge in [0.15, 0.2) is 0 Å². The second-order valence-corrected chi connectivity index (χ2v) is 7.10. The Morgan fingerprint density at radius 1 is 1.30 bits per heavy atom. The van der Waals surface area contributed by atoms with Crippen molar-refractivity contribution < 1.29 is 18.3 Å². The number of carbonyl (C=O) groups is 1. The number of halogens is 2. The second kappa shape index (κ2) is 6.72. The minimum atomic E-state index is -0.734. The average molecular weight is 326 g/mol. The van der Waals surface area contributed by atoms with Crippen molar-refractivity contribution in [2.75, 3.05) is 5.73 Å². The van der Waals surface area contributed by atoms with E-state index in [-0.39, 0.29) is 17.6 Å². The Labute approximate surface area is 135 Å². The third-order valence-electron chi connectivity index (χ3n) is 3.96. The zero-order valence-corrected chi connectivity index (χ0v) is 13.8. The van der Waals surface area contributed by atoms with Gasteiger partial charge in [-0.1, -0.05) is 6.42 Å². The average Bonchev–Trinajstić information content (AvgIpc) is 2.41. The summed E-state index contributed by atoms with van der Waals surface area (Å²) in [6, 6.07) is 1.99. The standard InChI is InChI=1S/C17H24F2N2O2/c1-17(2,3)23-16(22)21-12-6-4-5-10(7-12)13-8-11(18)9-14(19)15(13)20/h8-10,12H,4-7,20H2,1-3H3,(H,21,22). The predicted octanol–water partition coefficient (Wildman–Crippen LogP) is 4.10. The van der Waals surface area contributed by atoms with Gasteiger partial charge in [-0.3, -0.25) is 0 Å². The third kappa shape index (κ3) is 4.81. The van der Waals surface area contributed by atoms with Crippen LogP contribution in [0, 0.1) is 11.6 Å². The van der Waals surface area contributed by atoms with Crippen LogP contribution in [-0.4, -0.2) is 17.7 Å². The zero-order chi connectivity index (χ0) is 17.2. The lowest BCUT2D eigenvalue weighted by Gasteiger charge is -2.31. The van der Waals surface area contributed by atoms with Crippen molar-refractivity contribution in [1.82, 2.24) is 5.32 Å². The molecule has 2 atom stereocenters. The summed E-state index contributed by atoms with van der Waals surface area (Å²) in [5.41, 5.74) is 5.68. The Morgan fingerprint density at radius 3 is 2.65 bits per heavy atom. The number of alkyl carbamates (subject to hydrolysis) is 1. The summed E-state index contributed by atoms with van der Waals surface area (Å²) < 4.78 is 32.4. The first-order valence-electron chi connectivity index (χ1n) is 7.89. The largest absolute Gasteiger partial charge is 0.444 e. The fourth-order valence-corrected chi connectivity index (χ4v) is 3.02. The van der Waals surface area contributed by atoms with Crippen LogP contribution >= 0.6 is 0 Å². The molecule has 1 aromatic carbocycles. The quantitative estimate of drug-likeness (QED) is 0.804. The Morgan fingerprint density at radius 2 is 2.00 bits per heavy atom. The molecule has 1 aromatic rings. The van der Waals surface area contributed by atoms with E-state index < -0.39 is 23.3 Å². The van der Waals surface area contributed by atoms with Crippen molar-refractivity contribution in [3.05, 3.63) is 29.3 Å². The van der Waals surface area contributed by atoms with E-state index in [1.807, 2.05) is 0 Å². The highest BCUT2D eigenvalue weighted by Gasteiger charge is 2.28. The van der Waals surface area contributed by atoms with Gasteiger partial charge < -0.3 is 15.8 Å². The van der Waals surface area contributed by atoms with E-state index in [2.05, 4.69) is 5.32 Å². The number of rotatable bonds is 2. The van der Waals surface area contributed by atoms with Crippen LogP contribution in [0.2, 0.25) is 0 Å². The molecular weight excluding hydrogens is 302 g/mol. The molecule has 0 saturated heterocycles. The van der Waals surface area contributed by atoms with Gasteiger partial charge in [-0.05, 0) is 57.6 Å². The van der Waals surface area contributed by atoms with Gasteiger partial charge in [0.1, 0.15) is 17.2 Å². The molecule has 4 nitrogen and oxygen atoms in total. The van der Waals surface area contributed by atoms with Crippen molar-refractivity contribution in [3.63, 3.8) is 0 Å². The first-order valence-corrected chi connectivity index (χ1v) is 7.89. The predicted molar refractivity (Wildman–Crippen MR) is 85.1 cm³/mol. The van der Waals surface area contributed by atoms with Gasteiger partial charge in [0.25, 0.3) is 0 Å². The molecule has 23 heavy (non-hydrogen) atoms. The minimum absolute atomic E-state index is 0.00526. The Kier molecular flexibility index (Phi) is 5.12. The smallest absolute Gasteiger partial charge is 0.407 e. The molecule has 0 spiro atoms. The summed E-state index contributed by atoms with van der Waals surface area (Å²) in [5.74, 6) is -1.44. The number of hydrogen-bond donors (Lipinski definition) is 2. The van der Waals surface area contributed by atoms with Gasteiger partial charge in [-0.25, -0.2) is 13.6 Å². The molecule has 1 aliphatic rings.